The highest BCUT2D eigenvalue weighted by atomic mass is 35.5. The van der Waals surface area contributed by atoms with Crippen LogP contribution < -0.4 is 5.73 Å². The van der Waals surface area contributed by atoms with Crippen molar-refractivity contribution >= 4 is 36.2 Å². The Morgan fingerprint density at radius 1 is 1.60 bits per heavy atom. The predicted molar refractivity (Wildman–Crippen MR) is 49.2 cm³/mol. The molecule has 10 heavy (non-hydrogen) atoms. The molecule has 0 aliphatic rings. The molecule has 1 aromatic rings. The van der Waals surface area contributed by atoms with E-state index in [-0.39, 0.29) is 30.9 Å². The first-order chi connectivity index (χ1) is 3.80. The Bertz CT molecular complexity index is 153. The summed E-state index contributed by atoms with van der Waals surface area (Å²) in [6.45, 7) is 1.93. The molecule has 1 atom stereocenters. The Morgan fingerprint density at radius 3 is 2.40 bits per heavy atom. The predicted octanol–water partition coefficient (Wildman–Crippen LogP) is 2.01. The van der Waals surface area contributed by atoms with Crippen LogP contribution in [0.2, 0.25) is 0 Å². The molecule has 1 aromatic heterocycles. The van der Waals surface area contributed by atoms with E-state index in [4.69, 9.17) is 5.73 Å². The standard InChI is InChI=1S/C5H8N2S.2ClH/c1-4(6)5-2-8-3-7-5;;/h2-4H,6H2,1H3;2*1H/t4-;;/m1../s1. The van der Waals surface area contributed by atoms with Gasteiger partial charge in [-0.1, -0.05) is 0 Å². The van der Waals surface area contributed by atoms with E-state index in [0.29, 0.717) is 0 Å². The molecule has 0 aliphatic heterocycles. The van der Waals surface area contributed by atoms with Gasteiger partial charge < -0.3 is 5.73 Å². The molecule has 2 nitrogen and oxygen atoms in total. The first-order valence-corrected chi connectivity index (χ1v) is 3.38. The zero-order chi connectivity index (χ0) is 5.98. The van der Waals surface area contributed by atoms with E-state index in [1.165, 1.54) is 0 Å². The minimum Gasteiger partial charge on any atom is -0.323 e. The first kappa shape index (κ1) is 12.8. The molecule has 0 spiro atoms. The van der Waals surface area contributed by atoms with E-state index in [1.807, 2.05) is 12.3 Å². The fraction of sp³-hybridized carbons (Fsp3) is 0.400. The Labute approximate surface area is 76.7 Å². The summed E-state index contributed by atoms with van der Waals surface area (Å²) in [7, 11) is 0. The molecule has 0 aromatic carbocycles. The molecular formula is C5H10Cl2N2S. The van der Waals surface area contributed by atoms with Gasteiger partial charge in [0.25, 0.3) is 0 Å². The van der Waals surface area contributed by atoms with Gasteiger partial charge in [0, 0.05) is 11.4 Å². The van der Waals surface area contributed by atoms with Crippen LogP contribution in [0.4, 0.5) is 0 Å². The molecule has 0 radical (unpaired) electrons. The third-order valence-electron chi connectivity index (χ3n) is 0.918. The van der Waals surface area contributed by atoms with Gasteiger partial charge in [-0.2, -0.15) is 0 Å². The van der Waals surface area contributed by atoms with Gasteiger partial charge in [0.1, 0.15) is 0 Å². The molecule has 0 fully saturated rings. The third kappa shape index (κ3) is 3.37. The van der Waals surface area contributed by atoms with Crippen molar-refractivity contribution in [1.82, 2.24) is 4.98 Å². The summed E-state index contributed by atoms with van der Waals surface area (Å²) < 4.78 is 0. The van der Waals surface area contributed by atoms with Crippen LogP contribution in [0.5, 0.6) is 0 Å². The van der Waals surface area contributed by atoms with Crippen molar-refractivity contribution in [2.75, 3.05) is 0 Å². The average Bonchev–Trinajstić information content (AvgIpc) is 2.12. The molecular weight excluding hydrogens is 191 g/mol. The van der Waals surface area contributed by atoms with Gasteiger partial charge in [0.05, 0.1) is 11.2 Å². The highest BCUT2D eigenvalue weighted by Gasteiger charge is 1.97. The van der Waals surface area contributed by atoms with Gasteiger partial charge in [-0.3, -0.25) is 0 Å². The Morgan fingerprint density at radius 2 is 2.20 bits per heavy atom. The lowest BCUT2D eigenvalue weighted by Crippen LogP contribution is -2.04. The van der Waals surface area contributed by atoms with Crippen LogP contribution in [0, 0.1) is 0 Å². The molecule has 5 heteroatoms. The largest absolute Gasteiger partial charge is 0.323 e. The number of nitrogens with two attached hydrogens (primary N) is 1. The maximum atomic E-state index is 5.50. The fourth-order valence-electron chi connectivity index (χ4n) is 0.447. The van der Waals surface area contributed by atoms with Crippen molar-refractivity contribution in [3.05, 3.63) is 16.6 Å². The van der Waals surface area contributed by atoms with E-state index >= 15 is 0 Å². The smallest absolute Gasteiger partial charge is 0.0795 e. The summed E-state index contributed by atoms with van der Waals surface area (Å²) in [6.07, 6.45) is 0. The molecule has 2 N–H and O–H groups in total. The number of halogens is 2. The SMILES string of the molecule is C[C@@H](N)c1cscn1.Cl.Cl. The number of aromatic nitrogens is 1. The lowest BCUT2D eigenvalue weighted by atomic mass is 10.3. The summed E-state index contributed by atoms with van der Waals surface area (Å²) >= 11 is 1.58. The molecule has 0 aliphatic carbocycles. The third-order valence-corrected chi connectivity index (χ3v) is 1.52. The van der Waals surface area contributed by atoms with Crippen molar-refractivity contribution in [2.45, 2.75) is 13.0 Å². The minimum atomic E-state index is 0. The van der Waals surface area contributed by atoms with Crippen LogP contribution in [-0.4, -0.2) is 4.98 Å². The number of nitrogens with zero attached hydrogens (tertiary/aromatic N) is 1. The molecule has 1 heterocycles. The summed E-state index contributed by atoms with van der Waals surface area (Å²) in [5.74, 6) is 0. The summed E-state index contributed by atoms with van der Waals surface area (Å²) in [6, 6.07) is 0.0845. The number of rotatable bonds is 1. The zero-order valence-electron chi connectivity index (χ0n) is 5.48. The highest BCUT2D eigenvalue weighted by Crippen LogP contribution is 2.07. The Kier molecular flexibility index (Phi) is 7.58. The normalized spacial score (nSPS) is 11.0. The lowest BCUT2D eigenvalue weighted by molar-refractivity contribution is 0.789. The van der Waals surface area contributed by atoms with Crippen LogP contribution in [-0.2, 0) is 0 Å². The van der Waals surface area contributed by atoms with Gasteiger partial charge in [-0.15, -0.1) is 36.2 Å². The molecule has 0 saturated carbocycles. The maximum absolute atomic E-state index is 5.50. The van der Waals surface area contributed by atoms with E-state index in [9.17, 15) is 0 Å². The average molecular weight is 201 g/mol. The van der Waals surface area contributed by atoms with Crippen molar-refractivity contribution in [1.29, 1.82) is 0 Å². The molecule has 0 bridgehead atoms. The van der Waals surface area contributed by atoms with Crippen LogP contribution in [0.25, 0.3) is 0 Å². The number of hydrogen-bond donors (Lipinski definition) is 1. The van der Waals surface area contributed by atoms with Gasteiger partial charge >= 0.3 is 0 Å². The van der Waals surface area contributed by atoms with Gasteiger partial charge in [0.2, 0.25) is 0 Å². The minimum absolute atomic E-state index is 0. The summed E-state index contributed by atoms with van der Waals surface area (Å²) in [5, 5.41) is 1.96. The second kappa shape index (κ2) is 5.92. The summed E-state index contributed by atoms with van der Waals surface area (Å²) in [5.41, 5.74) is 8.27. The van der Waals surface area contributed by atoms with Gasteiger partial charge in [-0.05, 0) is 6.92 Å². The van der Waals surface area contributed by atoms with E-state index in [0.717, 1.165) is 5.69 Å². The Hall–Kier alpha value is 0.170. The quantitative estimate of drug-likeness (QED) is 0.754. The van der Waals surface area contributed by atoms with Crippen molar-refractivity contribution in [2.24, 2.45) is 5.73 Å². The second-order valence-electron chi connectivity index (χ2n) is 1.70. The van der Waals surface area contributed by atoms with E-state index < -0.39 is 0 Å². The summed E-state index contributed by atoms with van der Waals surface area (Å²) in [4.78, 5) is 4.01. The van der Waals surface area contributed by atoms with Crippen LogP contribution in [0.3, 0.4) is 0 Å². The molecule has 0 amide bonds. The fourth-order valence-corrected chi connectivity index (χ4v) is 1.11. The molecule has 1 rings (SSSR count). The van der Waals surface area contributed by atoms with E-state index in [2.05, 4.69) is 4.98 Å². The number of thiazole rings is 1. The Balaban J connectivity index is 0. The van der Waals surface area contributed by atoms with Crippen LogP contribution >= 0.6 is 36.2 Å². The highest BCUT2D eigenvalue weighted by molar-refractivity contribution is 7.07. The zero-order valence-corrected chi connectivity index (χ0v) is 7.93. The van der Waals surface area contributed by atoms with Crippen molar-refractivity contribution in [3.63, 3.8) is 0 Å². The molecule has 60 valence electrons. The maximum Gasteiger partial charge on any atom is 0.0795 e. The number of hydrogen-bond acceptors (Lipinski definition) is 3. The first-order valence-electron chi connectivity index (χ1n) is 2.44. The second-order valence-corrected chi connectivity index (χ2v) is 2.42. The van der Waals surface area contributed by atoms with Gasteiger partial charge in [0.15, 0.2) is 0 Å². The topological polar surface area (TPSA) is 38.9 Å². The lowest BCUT2D eigenvalue weighted by Gasteiger charge is -1.95. The molecule has 0 saturated heterocycles. The van der Waals surface area contributed by atoms with Crippen molar-refractivity contribution < 1.29 is 0 Å². The monoisotopic (exact) mass is 200 g/mol. The van der Waals surface area contributed by atoms with Crippen molar-refractivity contribution in [3.8, 4) is 0 Å². The van der Waals surface area contributed by atoms with Crippen LogP contribution in [0.1, 0.15) is 18.7 Å². The van der Waals surface area contributed by atoms with Gasteiger partial charge in [-0.25, -0.2) is 4.98 Å². The van der Waals surface area contributed by atoms with Crippen LogP contribution in [0.15, 0.2) is 10.9 Å². The van der Waals surface area contributed by atoms with E-state index in [1.54, 1.807) is 16.8 Å². The molecule has 0 unspecified atom stereocenters.